The van der Waals surface area contributed by atoms with Gasteiger partial charge in [-0.1, -0.05) is 43.4 Å². The standard InChI is InChI=1S/C14H22O6.C8H12O3S/c15-5-7-17-9-11-19-13-3-1-2-4-14(13)20-12-10-18-8-6-16;1-7-5-3-4-6-8(7,2)12(9,10)11/h1-4,15-16H,5-12H2;3-7H,1-2H3,(H,9,10,11). The molecule has 0 bridgehead atoms. The van der Waals surface area contributed by atoms with E-state index in [0.717, 1.165) is 0 Å². The lowest BCUT2D eigenvalue weighted by Crippen LogP contribution is -2.39. The zero-order valence-electron chi connectivity index (χ0n) is 18.6. The molecule has 1 aromatic rings. The van der Waals surface area contributed by atoms with Gasteiger partial charge in [-0.05, 0) is 25.0 Å². The fraction of sp³-hybridized carbons (Fsp3) is 0.545. The number of benzene rings is 1. The van der Waals surface area contributed by atoms with Gasteiger partial charge in [0.05, 0.1) is 39.6 Å². The van der Waals surface area contributed by atoms with E-state index < -0.39 is 14.9 Å². The van der Waals surface area contributed by atoms with E-state index in [-0.39, 0.29) is 19.1 Å². The van der Waals surface area contributed by atoms with Gasteiger partial charge in [-0.15, -0.1) is 0 Å². The molecule has 0 aliphatic heterocycles. The maximum atomic E-state index is 11.0. The highest BCUT2D eigenvalue weighted by molar-refractivity contribution is 7.87. The molecule has 2 unspecified atom stereocenters. The van der Waals surface area contributed by atoms with Crippen molar-refractivity contribution < 1.29 is 42.1 Å². The third kappa shape index (κ3) is 9.68. The first-order chi connectivity index (χ1) is 15.3. The number of allylic oxidation sites excluding steroid dienone is 3. The van der Waals surface area contributed by atoms with Gasteiger partial charge in [0.25, 0.3) is 10.1 Å². The summed E-state index contributed by atoms with van der Waals surface area (Å²) < 4.78 is 51.1. The minimum absolute atomic E-state index is 0.00748. The molecule has 182 valence electrons. The monoisotopic (exact) mass is 474 g/mol. The van der Waals surface area contributed by atoms with Crippen molar-refractivity contribution in [2.45, 2.75) is 18.6 Å². The van der Waals surface area contributed by atoms with E-state index >= 15 is 0 Å². The van der Waals surface area contributed by atoms with Gasteiger partial charge in [0, 0.05) is 0 Å². The Morgan fingerprint density at radius 1 is 0.875 bits per heavy atom. The molecule has 1 aromatic carbocycles. The molecule has 9 nitrogen and oxygen atoms in total. The lowest BCUT2D eigenvalue weighted by Gasteiger charge is -2.29. The molecule has 0 radical (unpaired) electrons. The molecule has 2 rings (SSSR count). The van der Waals surface area contributed by atoms with Crippen molar-refractivity contribution in [3.8, 4) is 11.5 Å². The average molecular weight is 475 g/mol. The Bertz CT molecular complexity index is 774. The van der Waals surface area contributed by atoms with Crippen molar-refractivity contribution in [1.29, 1.82) is 0 Å². The van der Waals surface area contributed by atoms with Gasteiger partial charge in [-0.25, -0.2) is 0 Å². The molecule has 0 fully saturated rings. The predicted molar refractivity (Wildman–Crippen MR) is 121 cm³/mol. The lowest BCUT2D eigenvalue weighted by molar-refractivity contribution is 0.0645. The molecule has 32 heavy (non-hydrogen) atoms. The summed E-state index contributed by atoms with van der Waals surface area (Å²) in [6.45, 7) is 5.50. The minimum atomic E-state index is -4.01. The topological polar surface area (TPSA) is 132 Å². The SMILES string of the molecule is CC1C=CC=CC1(C)S(=O)(=O)O.OCCOCCOc1ccccc1OCCOCCO. The van der Waals surface area contributed by atoms with Crippen molar-refractivity contribution in [3.05, 3.63) is 48.6 Å². The summed E-state index contributed by atoms with van der Waals surface area (Å²) in [6.07, 6.45) is 6.67. The Morgan fingerprint density at radius 3 is 1.75 bits per heavy atom. The number of aliphatic hydroxyl groups is 2. The fourth-order valence-corrected chi connectivity index (χ4v) is 3.38. The number of ether oxygens (including phenoxy) is 4. The highest BCUT2D eigenvalue weighted by Gasteiger charge is 2.40. The van der Waals surface area contributed by atoms with Crippen LogP contribution >= 0.6 is 0 Å². The highest BCUT2D eigenvalue weighted by atomic mass is 32.2. The quantitative estimate of drug-likeness (QED) is 0.289. The molecule has 1 aliphatic rings. The summed E-state index contributed by atoms with van der Waals surface area (Å²) in [6, 6.07) is 7.35. The van der Waals surface area contributed by atoms with Crippen molar-refractivity contribution in [3.63, 3.8) is 0 Å². The Kier molecular flexibility index (Phi) is 13.2. The Labute approximate surface area is 190 Å². The van der Waals surface area contributed by atoms with Crippen LogP contribution in [0.15, 0.2) is 48.6 Å². The third-order valence-electron chi connectivity index (χ3n) is 4.69. The summed E-state index contributed by atoms with van der Waals surface area (Å²) in [7, 11) is -4.01. The molecule has 0 saturated heterocycles. The van der Waals surface area contributed by atoms with Crippen molar-refractivity contribution in [2.75, 3.05) is 52.9 Å². The molecule has 0 spiro atoms. The first kappa shape index (κ1) is 28.1. The van der Waals surface area contributed by atoms with Crippen LogP contribution in [0.3, 0.4) is 0 Å². The Hall–Kier alpha value is -1.95. The van der Waals surface area contributed by atoms with Gasteiger partial charge in [0.1, 0.15) is 18.0 Å². The molecule has 10 heteroatoms. The van der Waals surface area contributed by atoms with E-state index in [1.807, 2.05) is 24.3 Å². The minimum Gasteiger partial charge on any atom is -0.487 e. The van der Waals surface area contributed by atoms with Crippen molar-refractivity contribution in [2.24, 2.45) is 5.92 Å². The molecule has 0 amide bonds. The summed E-state index contributed by atoms with van der Waals surface area (Å²) in [5, 5.41) is 17.1. The van der Waals surface area contributed by atoms with Crippen LogP contribution in [-0.4, -0.2) is 80.8 Å². The largest absolute Gasteiger partial charge is 0.487 e. The third-order valence-corrected chi connectivity index (χ3v) is 6.31. The summed E-state index contributed by atoms with van der Waals surface area (Å²) in [4.78, 5) is 0. The molecule has 0 saturated carbocycles. The van der Waals surface area contributed by atoms with E-state index in [9.17, 15) is 8.42 Å². The molecule has 3 N–H and O–H groups in total. The van der Waals surface area contributed by atoms with Crippen LogP contribution in [-0.2, 0) is 19.6 Å². The van der Waals surface area contributed by atoms with E-state index in [1.165, 1.54) is 13.0 Å². The number of hydrogen-bond donors (Lipinski definition) is 3. The second-order valence-electron chi connectivity index (χ2n) is 7.01. The Morgan fingerprint density at radius 2 is 1.38 bits per heavy atom. The Balaban J connectivity index is 0.000000363. The fourth-order valence-electron chi connectivity index (χ4n) is 2.58. The molecule has 1 aliphatic carbocycles. The normalized spacial score (nSPS) is 19.8. The predicted octanol–water partition coefficient (Wildman–Crippen LogP) is 1.86. The van der Waals surface area contributed by atoms with Crippen LogP contribution < -0.4 is 9.47 Å². The van der Waals surface area contributed by atoms with E-state index in [2.05, 4.69) is 0 Å². The van der Waals surface area contributed by atoms with E-state index in [0.29, 0.717) is 51.1 Å². The molecular formula is C22H34O9S. The van der Waals surface area contributed by atoms with Crippen LogP contribution in [0.5, 0.6) is 11.5 Å². The first-order valence-electron chi connectivity index (χ1n) is 10.3. The summed E-state index contributed by atoms with van der Waals surface area (Å²) in [5.41, 5.74) is 0. The van der Waals surface area contributed by atoms with Gasteiger partial charge >= 0.3 is 0 Å². The van der Waals surface area contributed by atoms with Crippen molar-refractivity contribution in [1.82, 2.24) is 0 Å². The van der Waals surface area contributed by atoms with Gasteiger partial charge in [-0.3, -0.25) is 4.55 Å². The first-order valence-corrected chi connectivity index (χ1v) is 11.7. The molecule has 2 atom stereocenters. The number of hydrogen-bond acceptors (Lipinski definition) is 8. The zero-order valence-corrected chi connectivity index (χ0v) is 19.4. The van der Waals surface area contributed by atoms with Gasteiger partial charge in [0.2, 0.25) is 0 Å². The van der Waals surface area contributed by atoms with Crippen LogP contribution in [0, 0.1) is 5.92 Å². The molecule has 0 heterocycles. The van der Waals surface area contributed by atoms with E-state index in [4.69, 9.17) is 33.7 Å². The zero-order chi connectivity index (χ0) is 23.9. The number of aliphatic hydroxyl groups excluding tert-OH is 2. The maximum Gasteiger partial charge on any atom is 0.274 e. The lowest BCUT2D eigenvalue weighted by atomic mass is 9.91. The van der Waals surface area contributed by atoms with Crippen molar-refractivity contribution >= 4 is 10.1 Å². The molecular weight excluding hydrogens is 440 g/mol. The number of rotatable bonds is 13. The summed E-state index contributed by atoms with van der Waals surface area (Å²) in [5.74, 6) is 1.09. The van der Waals surface area contributed by atoms with Gasteiger partial charge < -0.3 is 29.2 Å². The molecule has 0 aromatic heterocycles. The van der Waals surface area contributed by atoms with Crippen LogP contribution in [0.1, 0.15) is 13.8 Å². The van der Waals surface area contributed by atoms with E-state index in [1.54, 1.807) is 25.2 Å². The van der Waals surface area contributed by atoms with Gasteiger partial charge in [-0.2, -0.15) is 8.42 Å². The van der Waals surface area contributed by atoms with Crippen LogP contribution in [0.25, 0.3) is 0 Å². The second-order valence-corrected chi connectivity index (χ2v) is 8.84. The second kappa shape index (κ2) is 15.0. The van der Waals surface area contributed by atoms with Crippen LogP contribution in [0.2, 0.25) is 0 Å². The number of para-hydroxylation sites is 2. The maximum absolute atomic E-state index is 11.0. The average Bonchev–Trinajstić information content (AvgIpc) is 2.76. The van der Waals surface area contributed by atoms with Gasteiger partial charge in [0.15, 0.2) is 11.5 Å². The highest BCUT2D eigenvalue weighted by Crippen LogP contribution is 2.31. The summed E-state index contributed by atoms with van der Waals surface area (Å²) >= 11 is 0. The smallest absolute Gasteiger partial charge is 0.274 e. The van der Waals surface area contributed by atoms with Crippen LogP contribution in [0.4, 0.5) is 0 Å².